The van der Waals surface area contributed by atoms with Crippen LogP contribution >= 0.6 is 0 Å². The standard InChI is InChI=1S/C24H31NO6/c1-24(2,3)17-9-7-8-10-19(17)31-15-22(26)25-18(14-23(27)30-6)16-11-12-20(28-4)21(13-16)29-5/h7-13,18H,14-15H2,1-6H3,(H,25,26). The van der Waals surface area contributed by atoms with E-state index in [9.17, 15) is 9.59 Å². The van der Waals surface area contributed by atoms with Gasteiger partial charge in [0.2, 0.25) is 0 Å². The second-order valence-electron chi connectivity index (χ2n) is 8.05. The first-order chi connectivity index (χ1) is 14.7. The van der Waals surface area contributed by atoms with Crippen LogP contribution in [0.5, 0.6) is 17.2 Å². The lowest BCUT2D eigenvalue weighted by Crippen LogP contribution is -2.34. The number of hydrogen-bond acceptors (Lipinski definition) is 6. The first kappa shape index (κ1) is 24.1. The molecule has 0 fully saturated rings. The number of rotatable bonds is 9. The smallest absolute Gasteiger partial charge is 0.307 e. The van der Waals surface area contributed by atoms with Gasteiger partial charge in [0.15, 0.2) is 18.1 Å². The zero-order chi connectivity index (χ0) is 23.0. The first-order valence-corrected chi connectivity index (χ1v) is 10.00. The number of amides is 1. The lowest BCUT2D eigenvalue weighted by Gasteiger charge is -2.23. The fourth-order valence-corrected chi connectivity index (χ4v) is 3.16. The number of para-hydroxylation sites is 1. The van der Waals surface area contributed by atoms with E-state index >= 15 is 0 Å². The normalized spacial score (nSPS) is 11.9. The molecule has 168 valence electrons. The average Bonchev–Trinajstić information content (AvgIpc) is 2.76. The second kappa shape index (κ2) is 10.7. The van der Waals surface area contributed by atoms with E-state index in [2.05, 4.69) is 26.1 Å². The molecule has 1 unspecified atom stereocenters. The van der Waals surface area contributed by atoms with E-state index in [0.29, 0.717) is 22.8 Å². The van der Waals surface area contributed by atoms with Crippen molar-refractivity contribution < 1.29 is 28.5 Å². The van der Waals surface area contributed by atoms with Crippen molar-refractivity contribution in [3.63, 3.8) is 0 Å². The van der Waals surface area contributed by atoms with Crippen LogP contribution in [0.15, 0.2) is 42.5 Å². The molecule has 0 radical (unpaired) electrons. The first-order valence-electron chi connectivity index (χ1n) is 10.00. The minimum Gasteiger partial charge on any atom is -0.493 e. The van der Waals surface area contributed by atoms with Crippen molar-refractivity contribution in [3.8, 4) is 17.2 Å². The van der Waals surface area contributed by atoms with Crippen molar-refractivity contribution in [1.82, 2.24) is 5.32 Å². The van der Waals surface area contributed by atoms with Gasteiger partial charge in [0.25, 0.3) is 5.91 Å². The molecule has 2 rings (SSSR count). The molecule has 0 aliphatic carbocycles. The highest BCUT2D eigenvalue weighted by Gasteiger charge is 2.22. The highest BCUT2D eigenvalue weighted by molar-refractivity contribution is 5.79. The van der Waals surface area contributed by atoms with Gasteiger partial charge in [-0.1, -0.05) is 45.0 Å². The topological polar surface area (TPSA) is 83.1 Å². The van der Waals surface area contributed by atoms with Crippen molar-refractivity contribution in [2.75, 3.05) is 27.9 Å². The van der Waals surface area contributed by atoms with Gasteiger partial charge < -0.3 is 24.3 Å². The summed E-state index contributed by atoms with van der Waals surface area (Å²) in [4.78, 5) is 24.6. The number of ether oxygens (including phenoxy) is 4. The molecule has 1 atom stereocenters. The molecule has 0 aromatic heterocycles. The highest BCUT2D eigenvalue weighted by atomic mass is 16.5. The monoisotopic (exact) mass is 429 g/mol. The van der Waals surface area contributed by atoms with Gasteiger partial charge in [-0.2, -0.15) is 0 Å². The molecule has 0 saturated carbocycles. The van der Waals surface area contributed by atoms with Crippen LogP contribution in [0.4, 0.5) is 0 Å². The molecule has 0 spiro atoms. The second-order valence-corrected chi connectivity index (χ2v) is 8.05. The molecule has 2 aromatic rings. The van der Waals surface area contributed by atoms with E-state index in [-0.39, 0.29) is 24.3 Å². The van der Waals surface area contributed by atoms with Crippen LogP contribution in [-0.2, 0) is 19.7 Å². The largest absolute Gasteiger partial charge is 0.493 e. The van der Waals surface area contributed by atoms with Crippen LogP contribution in [0.1, 0.15) is 44.4 Å². The van der Waals surface area contributed by atoms with Crippen LogP contribution in [0, 0.1) is 0 Å². The van der Waals surface area contributed by atoms with Crippen molar-refractivity contribution in [1.29, 1.82) is 0 Å². The highest BCUT2D eigenvalue weighted by Crippen LogP contribution is 2.32. The van der Waals surface area contributed by atoms with Crippen molar-refractivity contribution in [2.45, 2.75) is 38.6 Å². The van der Waals surface area contributed by atoms with Crippen LogP contribution in [0.2, 0.25) is 0 Å². The number of carbonyl (C=O) groups excluding carboxylic acids is 2. The Labute approximate surface area is 183 Å². The predicted octanol–water partition coefficient (Wildman–Crippen LogP) is 3.80. The zero-order valence-electron chi connectivity index (χ0n) is 19.0. The van der Waals surface area contributed by atoms with Crippen LogP contribution < -0.4 is 19.5 Å². The Hall–Kier alpha value is -3.22. The molecule has 0 aliphatic rings. The molecular formula is C24H31NO6. The summed E-state index contributed by atoms with van der Waals surface area (Å²) in [5, 5.41) is 2.85. The number of esters is 1. The SMILES string of the molecule is COC(=O)CC(NC(=O)COc1ccccc1C(C)(C)C)c1ccc(OC)c(OC)c1. The number of carbonyl (C=O) groups is 2. The van der Waals surface area contributed by atoms with Gasteiger partial charge in [-0.3, -0.25) is 9.59 Å². The van der Waals surface area contributed by atoms with Gasteiger partial charge in [0.1, 0.15) is 5.75 Å². The molecule has 0 saturated heterocycles. The number of nitrogens with one attached hydrogen (secondary N) is 1. The van der Waals surface area contributed by atoms with E-state index in [1.807, 2.05) is 24.3 Å². The fraction of sp³-hybridized carbons (Fsp3) is 0.417. The minimum absolute atomic E-state index is 0.0314. The maximum absolute atomic E-state index is 12.7. The molecule has 0 bridgehead atoms. The summed E-state index contributed by atoms with van der Waals surface area (Å²) in [7, 11) is 4.37. The number of benzene rings is 2. The van der Waals surface area contributed by atoms with Gasteiger partial charge in [-0.25, -0.2) is 0 Å². The summed E-state index contributed by atoms with van der Waals surface area (Å²) < 4.78 is 21.2. The van der Waals surface area contributed by atoms with Crippen molar-refractivity contribution >= 4 is 11.9 Å². The van der Waals surface area contributed by atoms with E-state index in [1.165, 1.54) is 21.3 Å². The quantitative estimate of drug-likeness (QED) is 0.611. The Morgan fingerprint density at radius 3 is 2.23 bits per heavy atom. The molecule has 31 heavy (non-hydrogen) atoms. The maximum atomic E-state index is 12.7. The van der Waals surface area contributed by atoms with Gasteiger partial charge in [0, 0.05) is 0 Å². The zero-order valence-corrected chi connectivity index (χ0v) is 19.0. The van der Waals surface area contributed by atoms with Crippen LogP contribution in [-0.4, -0.2) is 39.8 Å². The molecule has 0 heterocycles. The molecule has 7 nitrogen and oxygen atoms in total. The summed E-state index contributed by atoms with van der Waals surface area (Å²) in [5.41, 5.74) is 1.57. The third-order valence-electron chi connectivity index (χ3n) is 4.80. The summed E-state index contributed by atoms with van der Waals surface area (Å²) >= 11 is 0. The minimum atomic E-state index is -0.610. The molecule has 7 heteroatoms. The van der Waals surface area contributed by atoms with Gasteiger partial charge in [-0.05, 0) is 34.7 Å². The average molecular weight is 430 g/mol. The predicted molar refractivity (Wildman–Crippen MR) is 118 cm³/mol. The molecule has 1 amide bonds. The molecule has 1 N–H and O–H groups in total. The summed E-state index contributed by atoms with van der Waals surface area (Å²) in [5.74, 6) is 0.906. The summed E-state index contributed by atoms with van der Waals surface area (Å²) in [6.45, 7) is 6.06. The lowest BCUT2D eigenvalue weighted by molar-refractivity contribution is -0.141. The van der Waals surface area contributed by atoms with E-state index in [1.54, 1.807) is 18.2 Å². The fourth-order valence-electron chi connectivity index (χ4n) is 3.16. The van der Waals surface area contributed by atoms with Gasteiger partial charge in [-0.15, -0.1) is 0 Å². The van der Waals surface area contributed by atoms with Crippen molar-refractivity contribution in [2.24, 2.45) is 0 Å². The molecule has 0 aliphatic heterocycles. The molecule has 2 aromatic carbocycles. The van der Waals surface area contributed by atoms with Gasteiger partial charge in [0.05, 0.1) is 33.8 Å². The third kappa shape index (κ3) is 6.64. The van der Waals surface area contributed by atoms with E-state index < -0.39 is 12.0 Å². The Morgan fingerprint density at radius 1 is 0.935 bits per heavy atom. The Morgan fingerprint density at radius 2 is 1.61 bits per heavy atom. The summed E-state index contributed by atoms with van der Waals surface area (Å²) in [6, 6.07) is 12.2. The Kier molecular flexibility index (Phi) is 8.30. The third-order valence-corrected chi connectivity index (χ3v) is 4.80. The maximum Gasteiger partial charge on any atom is 0.307 e. The van der Waals surface area contributed by atoms with E-state index in [4.69, 9.17) is 18.9 Å². The molecular weight excluding hydrogens is 398 g/mol. The van der Waals surface area contributed by atoms with Crippen LogP contribution in [0.25, 0.3) is 0 Å². The Bertz CT molecular complexity index is 903. The van der Waals surface area contributed by atoms with Gasteiger partial charge >= 0.3 is 5.97 Å². The Balaban J connectivity index is 2.17. The summed E-state index contributed by atoms with van der Waals surface area (Å²) in [6.07, 6.45) is -0.0314. The number of methoxy groups -OCH3 is 3. The lowest BCUT2D eigenvalue weighted by atomic mass is 9.86. The van der Waals surface area contributed by atoms with E-state index in [0.717, 1.165) is 5.56 Å². The number of hydrogen-bond donors (Lipinski definition) is 1. The van der Waals surface area contributed by atoms with Crippen LogP contribution in [0.3, 0.4) is 0 Å². The van der Waals surface area contributed by atoms with Crippen molar-refractivity contribution in [3.05, 3.63) is 53.6 Å².